The van der Waals surface area contributed by atoms with Crippen LogP contribution < -0.4 is 14.3 Å². The number of amides is 2. The van der Waals surface area contributed by atoms with Crippen LogP contribution in [-0.2, 0) is 26.2 Å². The lowest BCUT2D eigenvalue weighted by atomic mass is 9.49. The highest BCUT2D eigenvalue weighted by molar-refractivity contribution is 7.92. The summed E-state index contributed by atoms with van der Waals surface area (Å²) in [6.07, 6.45) is 8.49. The first-order valence-electron chi connectivity index (χ1n) is 11.2. The third kappa shape index (κ3) is 3.77. The van der Waals surface area contributed by atoms with E-state index < -0.39 is 16.1 Å². The molecule has 4 bridgehead atoms. The second kappa shape index (κ2) is 7.39. The van der Waals surface area contributed by atoms with Crippen LogP contribution in [0.1, 0.15) is 50.5 Å². The number of aryl methyl sites for hydroxylation is 1. The number of rotatable bonds is 6. The van der Waals surface area contributed by atoms with Gasteiger partial charge in [-0.15, -0.1) is 0 Å². The van der Waals surface area contributed by atoms with Gasteiger partial charge in [0.15, 0.2) is 0 Å². The standard InChI is InChI=1S/C22H29N3O5S/c26-19-9-14(3-4-18(19)25-13-20(27)24-31(25,29)30)2-1-5-23-21(28)22-10-15-6-16(11-22)8-17(7-15)12-22/h3-4,9,15-17,26H,1-2,5-8,10-13H2,(H,23,28)(H,24,27). The molecule has 4 aliphatic carbocycles. The second-order valence-electron chi connectivity index (χ2n) is 9.92. The number of benzene rings is 1. The van der Waals surface area contributed by atoms with Crippen LogP contribution in [-0.4, -0.2) is 38.4 Å². The van der Waals surface area contributed by atoms with Gasteiger partial charge in [0.05, 0.1) is 5.69 Å². The molecule has 1 aromatic rings. The molecule has 1 heterocycles. The van der Waals surface area contributed by atoms with Gasteiger partial charge in [-0.1, -0.05) is 6.07 Å². The maximum atomic E-state index is 13.0. The molecule has 8 nitrogen and oxygen atoms in total. The van der Waals surface area contributed by atoms with Gasteiger partial charge in [0.1, 0.15) is 12.3 Å². The van der Waals surface area contributed by atoms with Crippen LogP contribution >= 0.6 is 0 Å². The molecule has 9 heteroatoms. The summed E-state index contributed by atoms with van der Waals surface area (Å²) >= 11 is 0. The van der Waals surface area contributed by atoms with Crippen molar-refractivity contribution in [3.63, 3.8) is 0 Å². The molecule has 2 amide bonds. The number of carbonyl (C=O) groups is 2. The number of nitrogens with one attached hydrogen (secondary N) is 2. The van der Waals surface area contributed by atoms with Crippen molar-refractivity contribution in [3.05, 3.63) is 23.8 Å². The van der Waals surface area contributed by atoms with E-state index in [2.05, 4.69) is 5.32 Å². The van der Waals surface area contributed by atoms with E-state index in [9.17, 15) is 23.1 Å². The van der Waals surface area contributed by atoms with Crippen LogP contribution in [0.4, 0.5) is 5.69 Å². The Morgan fingerprint density at radius 2 is 1.81 bits per heavy atom. The molecule has 168 valence electrons. The lowest BCUT2D eigenvalue weighted by Gasteiger charge is -2.55. The van der Waals surface area contributed by atoms with E-state index in [1.165, 1.54) is 31.4 Å². The molecule has 1 saturated heterocycles. The van der Waals surface area contributed by atoms with Gasteiger partial charge < -0.3 is 10.4 Å². The Balaban J connectivity index is 1.15. The smallest absolute Gasteiger partial charge is 0.326 e. The highest BCUT2D eigenvalue weighted by Crippen LogP contribution is 2.60. The van der Waals surface area contributed by atoms with Crippen molar-refractivity contribution in [2.75, 3.05) is 17.4 Å². The maximum Gasteiger partial charge on any atom is 0.326 e. The topological polar surface area (TPSA) is 116 Å². The number of hydrogen-bond donors (Lipinski definition) is 3. The molecule has 4 saturated carbocycles. The van der Waals surface area contributed by atoms with Gasteiger partial charge in [0.2, 0.25) is 5.91 Å². The van der Waals surface area contributed by atoms with E-state index in [0.29, 0.717) is 13.0 Å². The fourth-order valence-electron chi connectivity index (χ4n) is 6.67. The highest BCUT2D eigenvalue weighted by atomic mass is 32.2. The van der Waals surface area contributed by atoms with Gasteiger partial charge in [-0.25, -0.2) is 9.03 Å². The number of phenolic OH excluding ortho intramolecular Hbond substituents is 1. The van der Waals surface area contributed by atoms with Crippen LogP contribution in [0.5, 0.6) is 5.75 Å². The minimum absolute atomic E-state index is 0.0808. The first kappa shape index (κ1) is 20.6. The van der Waals surface area contributed by atoms with E-state index in [1.54, 1.807) is 6.07 Å². The third-order valence-electron chi connectivity index (χ3n) is 7.58. The lowest BCUT2D eigenvalue weighted by molar-refractivity contribution is -0.146. The molecule has 0 unspecified atom stereocenters. The fraction of sp³-hybridized carbons (Fsp3) is 0.636. The summed E-state index contributed by atoms with van der Waals surface area (Å²) in [4.78, 5) is 24.4. The van der Waals surface area contributed by atoms with Crippen LogP contribution in [0, 0.1) is 23.2 Å². The largest absolute Gasteiger partial charge is 0.506 e. The van der Waals surface area contributed by atoms with E-state index in [-0.39, 0.29) is 29.3 Å². The Hall–Kier alpha value is -2.29. The average molecular weight is 448 g/mol. The number of aromatic hydroxyl groups is 1. The van der Waals surface area contributed by atoms with Crippen molar-refractivity contribution in [1.29, 1.82) is 0 Å². The summed E-state index contributed by atoms with van der Waals surface area (Å²) in [6, 6.07) is 4.78. The molecular weight excluding hydrogens is 418 g/mol. The summed E-state index contributed by atoms with van der Waals surface area (Å²) in [5.41, 5.74) is 0.792. The van der Waals surface area contributed by atoms with E-state index in [0.717, 1.165) is 53.3 Å². The summed E-state index contributed by atoms with van der Waals surface area (Å²) in [5.74, 6) is 1.63. The minimum atomic E-state index is -3.95. The molecule has 0 radical (unpaired) electrons. The van der Waals surface area contributed by atoms with Gasteiger partial charge in [-0.3, -0.25) is 9.59 Å². The summed E-state index contributed by atoms with van der Waals surface area (Å²) in [6.45, 7) is 0.244. The van der Waals surface area contributed by atoms with Gasteiger partial charge in [0.25, 0.3) is 5.91 Å². The van der Waals surface area contributed by atoms with Crippen LogP contribution in [0.25, 0.3) is 0 Å². The number of carbonyl (C=O) groups excluding carboxylic acids is 2. The molecule has 31 heavy (non-hydrogen) atoms. The number of hydrogen-bond acceptors (Lipinski definition) is 5. The molecule has 0 atom stereocenters. The van der Waals surface area contributed by atoms with Crippen molar-refractivity contribution >= 4 is 27.7 Å². The van der Waals surface area contributed by atoms with Gasteiger partial charge in [0, 0.05) is 12.0 Å². The molecule has 0 spiro atoms. The molecule has 0 aromatic heterocycles. The quantitative estimate of drug-likeness (QED) is 0.576. The van der Waals surface area contributed by atoms with E-state index in [4.69, 9.17) is 0 Å². The molecule has 6 rings (SSSR count). The molecular formula is C22H29N3O5S. The summed E-state index contributed by atoms with van der Waals surface area (Å²) in [7, 11) is -3.95. The van der Waals surface area contributed by atoms with Crippen molar-refractivity contribution in [2.24, 2.45) is 23.2 Å². The Labute approximate surface area is 182 Å². The minimum Gasteiger partial charge on any atom is -0.506 e. The first-order chi connectivity index (χ1) is 14.7. The maximum absolute atomic E-state index is 13.0. The number of anilines is 1. The van der Waals surface area contributed by atoms with Crippen molar-refractivity contribution in [3.8, 4) is 5.75 Å². The zero-order valence-corrected chi connectivity index (χ0v) is 18.3. The van der Waals surface area contributed by atoms with Gasteiger partial charge >= 0.3 is 10.2 Å². The summed E-state index contributed by atoms with van der Waals surface area (Å²) in [5, 5.41) is 13.5. The van der Waals surface area contributed by atoms with Crippen LogP contribution in [0.15, 0.2) is 18.2 Å². The predicted octanol–water partition coefficient (Wildman–Crippen LogP) is 1.84. The SMILES string of the molecule is O=C1CN(c2ccc(CCCNC(=O)C34CC5CC(CC(C5)C3)C4)cc2O)S(=O)(=O)N1. The van der Waals surface area contributed by atoms with Crippen molar-refractivity contribution < 1.29 is 23.1 Å². The van der Waals surface area contributed by atoms with Crippen LogP contribution in [0.2, 0.25) is 0 Å². The highest BCUT2D eigenvalue weighted by Gasteiger charge is 2.54. The monoisotopic (exact) mass is 447 g/mol. The van der Waals surface area contributed by atoms with Gasteiger partial charge in [-0.2, -0.15) is 8.42 Å². The normalized spacial score (nSPS) is 32.8. The number of nitrogens with zero attached hydrogens (tertiary/aromatic N) is 1. The fourth-order valence-corrected chi connectivity index (χ4v) is 7.83. The second-order valence-corrected chi connectivity index (χ2v) is 11.5. The lowest BCUT2D eigenvalue weighted by Crippen LogP contribution is -2.53. The molecule has 1 aliphatic heterocycles. The van der Waals surface area contributed by atoms with Crippen molar-refractivity contribution in [1.82, 2.24) is 10.0 Å². The number of phenols is 1. The molecule has 5 aliphatic rings. The molecule has 3 N–H and O–H groups in total. The van der Waals surface area contributed by atoms with Crippen LogP contribution in [0.3, 0.4) is 0 Å². The van der Waals surface area contributed by atoms with E-state index >= 15 is 0 Å². The Morgan fingerprint density at radius 3 is 2.35 bits per heavy atom. The Morgan fingerprint density at radius 1 is 1.16 bits per heavy atom. The van der Waals surface area contributed by atoms with Gasteiger partial charge in [-0.05, 0) is 86.8 Å². The first-order valence-corrected chi connectivity index (χ1v) is 12.6. The zero-order valence-electron chi connectivity index (χ0n) is 17.5. The predicted molar refractivity (Wildman–Crippen MR) is 114 cm³/mol. The molecule has 1 aromatic carbocycles. The Kier molecular flexibility index (Phi) is 4.91. The Bertz CT molecular complexity index is 987. The van der Waals surface area contributed by atoms with E-state index in [1.807, 2.05) is 4.72 Å². The molecule has 5 fully saturated rings. The third-order valence-corrected chi connectivity index (χ3v) is 8.97. The zero-order chi connectivity index (χ0) is 21.8. The van der Waals surface area contributed by atoms with Crippen molar-refractivity contribution in [2.45, 2.75) is 51.4 Å². The summed E-state index contributed by atoms with van der Waals surface area (Å²) < 4.78 is 26.7. The average Bonchev–Trinajstić information content (AvgIpc) is 2.96.